The molecule has 0 amide bonds. The quantitative estimate of drug-likeness (QED) is 0.864. The molecule has 74 valence electrons. The molecule has 0 aliphatic heterocycles. The van der Waals surface area contributed by atoms with Crippen LogP contribution in [0, 0.1) is 0 Å². The van der Waals surface area contributed by atoms with Gasteiger partial charge in [0.25, 0.3) is 0 Å². The monoisotopic (exact) mass is 253 g/mol. The lowest BCUT2D eigenvalue weighted by molar-refractivity contribution is 0.653. The van der Waals surface area contributed by atoms with Crippen LogP contribution in [0.1, 0.15) is 18.5 Å². The Bertz CT molecular complexity index is 450. The third kappa shape index (κ3) is 1.55. The van der Waals surface area contributed by atoms with Crippen LogP contribution in [0.5, 0.6) is 0 Å². The first-order valence-electron chi connectivity index (χ1n) is 4.53. The molecule has 0 fully saturated rings. The zero-order valence-electron chi connectivity index (χ0n) is 8.13. The molecule has 1 aromatic heterocycles. The first-order chi connectivity index (χ1) is 6.72. The molecule has 0 saturated heterocycles. The minimum absolute atomic E-state index is 0.362. The molecular formula is C10H12BrN3. The zero-order chi connectivity index (χ0) is 10.1. The number of benzene rings is 1. The fourth-order valence-corrected chi connectivity index (χ4v) is 1.84. The number of rotatable bonds is 2. The summed E-state index contributed by atoms with van der Waals surface area (Å²) >= 11 is 3.43. The van der Waals surface area contributed by atoms with Gasteiger partial charge in [-0.2, -0.15) is 5.10 Å². The summed E-state index contributed by atoms with van der Waals surface area (Å²) < 4.78 is 0.942. The third-order valence-electron chi connectivity index (χ3n) is 2.46. The van der Waals surface area contributed by atoms with Gasteiger partial charge in [0, 0.05) is 11.4 Å². The van der Waals surface area contributed by atoms with Gasteiger partial charge in [-0.25, -0.2) is 0 Å². The van der Waals surface area contributed by atoms with Gasteiger partial charge in [-0.1, -0.05) is 6.07 Å². The number of aromatic nitrogens is 2. The fourth-order valence-electron chi connectivity index (χ4n) is 1.43. The largest absolute Gasteiger partial charge is 0.313 e. The Kier molecular flexibility index (Phi) is 2.56. The molecule has 0 aliphatic carbocycles. The van der Waals surface area contributed by atoms with E-state index in [1.807, 2.05) is 13.1 Å². The van der Waals surface area contributed by atoms with Crippen molar-refractivity contribution < 1.29 is 0 Å². The Balaban J connectivity index is 2.54. The summed E-state index contributed by atoms with van der Waals surface area (Å²) in [6.45, 7) is 2.13. The number of H-pyrrole nitrogens is 1. The van der Waals surface area contributed by atoms with Gasteiger partial charge in [-0.05, 0) is 47.6 Å². The van der Waals surface area contributed by atoms with Crippen molar-refractivity contribution in [3.05, 3.63) is 28.4 Å². The zero-order valence-corrected chi connectivity index (χ0v) is 9.72. The summed E-state index contributed by atoms with van der Waals surface area (Å²) in [5.41, 5.74) is 2.26. The normalized spacial score (nSPS) is 13.4. The van der Waals surface area contributed by atoms with Crippen molar-refractivity contribution in [3.8, 4) is 0 Å². The lowest BCUT2D eigenvalue weighted by Gasteiger charge is -2.09. The molecule has 14 heavy (non-hydrogen) atoms. The molecule has 4 heteroatoms. The van der Waals surface area contributed by atoms with Gasteiger partial charge in [0.15, 0.2) is 0 Å². The number of nitrogens with one attached hydrogen (secondary N) is 2. The maximum absolute atomic E-state index is 4.15. The average Bonchev–Trinajstić information content (AvgIpc) is 2.59. The maximum Gasteiger partial charge on any atom is 0.108 e. The first kappa shape index (κ1) is 9.68. The van der Waals surface area contributed by atoms with E-state index in [1.165, 1.54) is 5.56 Å². The van der Waals surface area contributed by atoms with Crippen molar-refractivity contribution >= 4 is 26.8 Å². The minimum Gasteiger partial charge on any atom is -0.313 e. The van der Waals surface area contributed by atoms with E-state index < -0.39 is 0 Å². The lowest BCUT2D eigenvalue weighted by atomic mass is 10.1. The van der Waals surface area contributed by atoms with Gasteiger partial charge in [0.05, 0.1) is 5.52 Å². The highest BCUT2D eigenvalue weighted by atomic mass is 79.9. The van der Waals surface area contributed by atoms with Crippen LogP contribution < -0.4 is 5.32 Å². The predicted octanol–water partition coefficient (Wildman–Crippen LogP) is 2.61. The van der Waals surface area contributed by atoms with Crippen LogP contribution in [0.25, 0.3) is 10.9 Å². The second-order valence-corrected chi connectivity index (χ2v) is 4.12. The van der Waals surface area contributed by atoms with E-state index in [0.29, 0.717) is 6.04 Å². The van der Waals surface area contributed by atoms with Gasteiger partial charge in [0.2, 0.25) is 0 Å². The predicted molar refractivity (Wildman–Crippen MR) is 61.3 cm³/mol. The lowest BCUT2D eigenvalue weighted by Crippen LogP contribution is -2.11. The molecule has 2 rings (SSSR count). The number of hydrogen-bond acceptors (Lipinski definition) is 2. The molecule has 1 heterocycles. The fraction of sp³-hybridized carbons (Fsp3) is 0.300. The van der Waals surface area contributed by atoms with Crippen LogP contribution in [0.2, 0.25) is 0 Å². The number of fused-ring (bicyclic) bond motifs is 1. The van der Waals surface area contributed by atoms with E-state index in [0.717, 1.165) is 15.5 Å². The van der Waals surface area contributed by atoms with Crippen LogP contribution in [0.4, 0.5) is 0 Å². The molecule has 2 aromatic rings. The SMILES string of the molecule is CNC(C)c1ccc2n[nH]c(Br)c2c1. The number of aromatic amines is 1. The number of hydrogen-bond donors (Lipinski definition) is 2. The summed E-state index contributed by atoms with van der Waals surface area (Å²) in [5.74, 6) is 0. The molecule has 0 spiro atoms. The molecule has 1 atom stereocenters. The molecule has 3 nitrogen and oxygen atoms in total. The molecule has 0 aliphatic rings. The van der Waals surface area contributed by atoms with Gasteiger partial charge >= 0.3 is 0 Å². The average molecular weight is 254 g/mol. The van der Waals surface area contributed by atoms with Crippen LogP contribution in [0.15, 0.2) is 22.8 Å². The summed E-state index contributed by atoms with van der Waals surface area (Å²) in [6, 6.07) is 6.63. The number of nitrogens with zero attached hydrogens (tertiary/aromatic N) is 1. The van der Waals surface area contributed by atoms with E-state index in [9.17, 15) is 0 Å². The Morgan fingerprint density at radius 2 is 2.29 bits per heavy atom. The van der Waals surface area contributed by atoms with Crippen molar-refractivity contribution in [1.82, 2.24) is 15.5 Å². The van der Waals surface area contributed by atoms with E-state index in [2.05, 4.69) is 50.5 Å². The highest BCUT2D eigenvalue weighted by Crippen LogP contribution is 2.24. The highest BCUT2D eigenvalue weighted by Gasteiger charge is 2.06. The van der Waals surface area contributed by atoms with Crippen molar-refractivity contribution in [3.63, 3.8) is 0 Å². The van der Waals surface area contributed by atoms with Crippen molar-refractivity contribution in [1.29, 1.82) is 0 Å². The Hall–Kier alpha value is -0.870. The molecule has 1 unspecified atom stereocenters. The smallest absolute Gasteiger partial charge is 0.108 e. The van der Waals surface area contributed by atoms with Crippen LogP contribution in [-0.2, 0) is 0 Å². The van der Waals surface area contributed by atoms with E-state index in [1.54, 1.807) is 0 Å². The Labute approximate surface area is 91.0 Å². The summed E-state index contributed by atoms with van der Waals surface area (Å²) in [6.07, 6.45) is 0. The van der Waals surface area contributed by atoms with E-state index >= 15 is 0 Å². The maximum atomic E-state index is 4.15. The second kappa shape index (κ2) is 3.71. The van der Waals surface area contributed by atoms with Gasteiger partial charge < -0.3 is 5.32 Å². The molecule has 2 N–H and O–H groups in total. The third-order valence-corrected chi connectivity index (χ3v) is 3.07. The summed E-state index contributed by atoms with van der Waals surface area (Å²) in [4.78, 5) is 0. The molecule has 0 bridgehead atoms. The van der Waals surface area contributed by atoms with Gasteiger partial charge in [0.1, 0.15) is 4.60 Å². The standard InChI is InChI=1S/C10H12BrN3/c1-6(12-2)7-3-4-9-8(5-7)10(11)14-13-9/h3-6,12H,1-2H3,(H,13,14). The second-order valence-electron chi connectivity index (χ2n) is 3.32. The van der Waals surface area contributed by atoms with Crippen LogP contribution in [-0.4, -0.2) is 17.2 Å². The Morgan fingerprint density at radius 1 is 1.50 bits per heavy atom. The summed E-state index contributed by atoms with van der Waals surface area (Å²) in [5, 5.41) is 11.4. The molecule has 1 aromatic carbocycles. The van der Waals surface area contributed by atoms with Gasteiger partial charge in [-0.15, -0.1) is 0 Å². The van der Waals surface area contributed by atoms with Crippen molar-refractivity contribution in [2.24, 2.45) is 0 Å². The highest BCUT2D eigenvalue weighted by molar-refractivity contribution is 9.10. The van der Waals surface area contributed by atoms with Gasteiger partial charge in [-0.3, -0.25) is 5.10 Å². The van der Waals surface area contributed by atoms with Crippen molar-refractivity contribution in [2.75, 3.05) is 7.05 Å². The Morgan fingerprint density at radius 3 is 3.00 bits per heavy atom. The van der Waals surface area contributed by atoms with Crippen LogP contribution >= 0.6 is 15.9 Å². The molecule has 0 saturated carbocycles. The summed E-state index contributed by atoms with van der Waals surface area (Å²) in [7, 11) is 1.96. The molecule has 0 radical (unpaired) electrons. The van der Waals surface area contributed by atoms with E-state index in [-0.39, 0.29) is 0 Å². The number of halogens is 1. The van der Waals surface area contributed by atoms with Crippen LogP contribution in [0.3, 0.4) is 0 Å². The topological polar surface area (TPSA) is 40.7 Å². The minimum atomic E-state index is 0.362. The van der Waals surface area contributed by atoms with E-state index in [4.69, 9.17) is 0 Å². The first-order valence-corrected chi connectivity index (χ1v) is 5.32. The van der Waals surface area contributed by atoms with Crippen molar-refractivity contribution in [2.45, 2.75) is 13.0 Å². The molecular weight excluding hydrogens is 242 g/mol.